The lowest BCUT2D eigenvalue weighted by atomic mass is 10.1. The lowest BCUT2D eigenvalue weighted by molar-refractivity contribution is -0.671. The first-order valence-electron chi connectivity index (χ1n) is 8.27. The fraction of sp³-hybridized carbons (Fsp3) is 0.250. The Morgan fingerprint density at radius 3 is 2.64 bits per heavy atom. The maximum Gasteiger partial charge on any atom is 0.336 e. The van der Waals surface area contributed by atoms with Crippen molar-refractivity contribution >= 4 is 22.6 Å². The summed E-state index contributed by atoms with van der Waals surface area (Å²) in [6, 6.07) is 13.2. The highest BCUT2D eigenvalue weighted by Gasteiger charge is 2.09. The van der Waals surface area contributed by atoms with Gasteiger partial charge in [0.15, 0.2) is 0 Å². The number of benzene rings is 2. The lowest BCUT2D eigenvalue weighted by Crippen LogP contribution is -2.83. The summed E-state index contributed by atoms with van der Waals surface area (Å²) >= 11 is 6.21. The first kappa shape index (κ1) is 17.5. The van der Waals surface area contributed by atoms with E-state index in [9.17, 15) is 4.79 Å². The molecule has 0 bridgehead atoms. The molecule has 25 heavy (non-hydrogen) atoms. The van der Waals surface area contributed by atoms with Gasteiger partial charge in [-0.2, -0.15) is 0 Å². The first-order valence-corrected chi connectivity index (χ1v) is 8.65. The Labute approximate surface area is 151 Å². The van der Waals surface area contributed by atoms with Gasteiger partial charge in [0.05, 0.1) is 0 Å². The van der Waals surface area contributed by atoms with Crippen LogP contribution in [0.3, 0.4) is 0 Å². The Morgan fingerprint density at radius 2 is 1.88 bits per heavy atom. The molecule has 0 radical (unpaired) electrons. The Morgan fingerprint density at radius 1 is 1.12 bits per heavy atom. The molecule has 1 aromatic heterocycles. The van der Waals surface area contributed by atoms with Crippen LogP contribution in [-0.4, -0.2) is 13.2 Å². The van der Waals surface area contributed by atoms with E-state index in [0.717, 1.165) is 28.8 Å². The number of hydrogen-bond donors (Lipinski definition) is 1. The van der Waals surface area contributed by atoms with Gasteiger partial charge in [-0.3, -0.25) is 0 Å². The van der Waals surface area contributed by atoms with E-state index in [1.165, 1.54) is 11.6 Å². The van der Waals surface area contributed by atoms with Crippen LogP contribution in [-0.2, 0) is 6.54 Å². The molecular weight excluding hydrogens is 338 g/mol. The SMILES string of the molecule is Cc1ccc(OCC[NH2+]Cc2cc(=O)oc3cc(C)c(Cl)cc23)cc1. The number of nitrogens with two attached hydrogens (primary N) is 1. The molecule has 0 saturated heterocycles. The standard InChI is InChI=1S/C20H20ClNO3/c1-13-3-5-16(6-4-13)24-8-7-22-12-15-10-20(23)25-19-9-14(2)18(21)11-17(15)19/h3-6,9-11,22H,7-8,12H2,1-2H3/p+1. The van der Waals surface area contributed by atoms with Gasteiger partial charge in [0.25, 0.3) is 0 Å². The highest BCUT2D eigenvalue weighted by atomic mass is 35.5. The van der Waals surface area contributed by atoms with Crippen molar-refractivity contribution in [1.82, 2.24) is 0 Å². The van der Waals surface area contributed by atoms with Gasteiger partial charge in [-0.1, -0.05) is 29.3 Å². The summed E-state index contributed by atoms with van der Waals surface area (Å²) in [5, 5.41) is 3.66. The molecule has 0 aliphatic carbocycles. The van der Waals surface area contributed by atoms with Crippen LogP contribution >= 0.6 is 11.6 Å². The Balaban J connectivity index is 1.62. The average Bonchev–Trinajstić information content (AvgIpc) is 2.58. The van der Waals surface area contributed by atoms with Crippen molar-refractivity contribution < 1.29 is 14.5 Å². The molecule has 3 rings (SSSR count). The van der Waals surface area contributed by atoms with Crippen molar-refractivity contribution in [3.8, 4) is 5.75 Å². The number of quaternary nitrogens is 1. The van der Waals surface area contributed by atoms with E-state index in [0.29, 0.717) is 23.8 Å². The van der Waals surface area contributed by atoms with Crippen molar-refractivity contribution in [2.45, 2.75) is 20.4 Å². The number of hydrogen-bond acceptors (Lipinski definition) is 3. The van der Waals surface area contributed by atoms with E-state index in [1.807, 2.05) is 50.2 Å². The maximum absolute atomic E-state index is 11.8. The van der Waals surface area contributed by atoms with Crippen LogP contribution in [0.2, 0.25) is 5.02 Å². The zero-order valence-electron chi connectivity index (χ0n) is 14.3. The summed E-state index contributed by atoms with van der Waals surface area (Å²) in [5.41, 5.74) is 3.26. The fourth-order valence-electron chi connectivity index (χ4n) is 2.67. The zero-order chi connectivity index (χ0) is 17.8. The molecule has 2 aromatic carbocycles. The van der Waals surface area contributed by atoms with Gasteiger partial charge in [0.1, 0.15) is 31.0 Å². The van der Waals surface area contributed by atoms with E-state index in [2.05, 4.69) is 5.32 Å². The molecule has 130 valence electrons. The Kier molecular flexibility index (Phi) is 5.41. The van der Waals surface area contributed by atoms with Gasteiger partial charge in [0, 0.05) is 22.0 Å². The highest BCUT2D eigenvalue weighted by molar-refractivity contribution is 6.32. The zero-order valence-corrected chi connectivity index (χ0v) is 15.1. The second-order valence-corrected chi connectivity index (χ2v) is 6.54. The van der Waals surface area contributed by atoms with E-state index >= 15 is 0 Å². The van der Waals surface area contributed by atoms with Crippen LogP contribution in [0.15, 0.2) is 51.7 Å². The van der Waals surface area contributed by atoms with Gasteiger partial charge >= 0.3 is 5.63 Å². The minimum atomic E-state index is -0.339. The molecule has 3 aromatic rings. The molecule has 1 heterocycles. The van der Waals surface area contributed by atoms with Crippen LogP contribution in [0, 0.1) is 13.8 Å². The molecule has 0 unspecified atom stereocenters. The van der Waals surface area contributed by atoms with Crippen LogP contribution in [0.1, 0.15) is 16.7 Å². The van der Waals surface area contributed by atoms with Crippen molar-refractivity contribution in [1.29, 1.82) is 0 Å². The minimum Gasteiger partial charge on any atom is -0.488 e. The maximum atomic E-state index is 11.8. The summed E-state index contributed by atoms with van der Waals surface area (Å²) in [7, 11) is 0. The Bertz CT molecular complexity index is 932. The molecule has 5 heteroatoms. The minimum absolute atomic E-state index is 0.339. The lowest BCUT2D eigenvalue weighted by Gasteiger charge is -2.08. The van der Waals surface area contributed by atoms with Crippen molar-refractivity contribution in [3.05, 3.63) is 74.6 Å². The van der Waals surface area contributed by atoms with Crippen molar-refractivity contribution in [3.63, 3.8) is 0 Å². The summed E-state index contributed by atoms with van der Waals surface area (Å²) in [4.78, 5) is 11.8. The summed E-state index contributed by atoms with van der Waals surface area (Å²) in [5.74, 6) is 0.868. The second-order valence-electron chi connectivity index (χ2n) is 6.13. The van der Waals surface area contributed by atoms with Crippen molar-refractivity contribution in [2.24, 2.45) is 0 Å². The summed E-state index contributed by atoms with van der Waals surface area (Å²) in [6.45, 7) is 5.99. The molecule has 0 amide bonds. The van der Waals surface area contributed by atoms with Gasteiger partial charge in [-0.15, -0.1) is 0 Å². The van der Waals surface area contributed by atoms with Gasteiger partial charge in [-0.25, -0.2) is 4.79 Å². The molecule has 0 fully saturated rings. The van der Waals surface area contributed by atoms with E-state index in [1.54, 1.807) is 0 Å². The highest BCUT2D eigenvalue weighted by Crippen LogP contribution is 2.24. The molecular formula is C20H21ClNO3+. The van der Waals surface area contributed by atoms with Crippen LogP contribution in [0.5, 0.6) is 5.75 Å². The molecule has 0 saturated carbocycles. The number of aryl methyl sites for hydroxylation is 2. The Hall–Kier alpha value is -2.30. The third-order valence-electron chi connectivity index (χ3n) is 4.09. The summed E-state index contributed by atoms with van der Waals surface area (Å²) < 4.78 is 11.0. The van der Waals surface area contributed by atoms with Gasteiger partial charge in [0.2, 0.25) is 0 Å². The quantitative estimate of drug-likeness (QED) is 0.543. The van der Waals surface area contributed by atoms with Crippen LogP contribution < -0.4 is 15.7 Å². The summed E-state index contributed by atoms with van der Waals surface area (Å²) in [6.07, 6.45) is 0. The molecule has 0 atom stereocenters. The fourth-order valence-corrected chi connectivity index (χ4v) is 2.83. The second kappa shape index (κ2) is 7.72. The van der Waals surface area contributed by atoms with Crippen molar-refractivity contribution in [2.75, 3.05) is 13.2 Å². The third kappa shape index (κ3) is 4.41. The molecule has 0 spiro atoms. The smallest absolute Gasteiger partial charge is 0.336 e. The number of ether oxygens (including phenoxy) is 1. The third-order valence-corrected chi connectivity index (χ3v) is 4.49. The number of fused-ring (bicyclic) bond motifs is 1. The number of halogens is 1. The molecule has 2 N–H and O–H groups in total. The average molecular weight is 359 g/mol. The topological polar surface area (TPSA) is 56.0 Å². The normalized spacial score (nSPS) is 11.0. The van der Waals surface area contributed by atoms with Gasteiger partial charge < -0.3 is 14.5 Å². The van der Waals surface area contributed by atoms with Gasteiger partial charge in [-0.05, 0) is 43.7 Å². The van der Waals surface area contributed by atoms with E-state index in [-0.39, 0.29) is 5.63 Å². The number of rotatable bonds is 6. The molecule has 4 nitrogen and oxygen atoms in total. The molecule has 0 aliphatic heterocycles. The van der Waals surface area contributed by atoms with E-state index < -0.39 is 0 Å². The van der Waals surface area contributed by atoms with Crippen LogP contribution in [0.4, 0.5) is 0 Å². The molecule has 0 aliphatic rings. The van der Waals surface area contributed by atoms with Crippen LogP contribution in [0.25, 0.3) is 11.0 Å². The first-order chi connectivity index (χ1) is 12.0. The predicted octanol–water partition coefficient (Wildman–Crippen LogP) is 3.21. The van der Waals surface area contributed by atoms with E-state index in [4.69, 9.17) is 20.8 Å². The predicted molar refractivity (Wildman–Crippen MR) is 99.4 cm³/mol. The monoisotopic (exact) mass is 358 g/mol. The largest absolute Gasteiger partial charge is 0.488 e.